The molecule has 0 saturated heterocycles. The Balaban J connectivity index is 2.16. The number of aliphatic hydroxyl groups excluding tert-OH is 1. The standard InChI is InChI=1S/C13H17NO2/c1-8-6-9(8)10-4-5-11(16-10)12(15)13(2,3)7-14/h4-5,8-9,12,15H,6H2,1-3H3. The zero-order chi connectivity index (χ0) is 11.9. The fourth-order valence-electron chi connectivity index (χ4n) is 1.85. The minimum absolute atomic E-state index is 0.501. The average Bonchev–Trinajstić information content (AvgIpc) is 2.81. The van der Waals surface area contributed by atoms with Gasteiger partial charge in [0.25, 0.3) is 0 Å². The van der Waals surface area contributed by atoms with Gasteiger partial charge in [-0.05, 0) is 38.3 Å². The number of rotatable bonds is 3. The Bertz CT molecular complexity index is 427. The van der Waals surface area contributed by atoms with Crippen LogP contribution in [-0.4, -0.2) is 5.11 Å². The van der Waals surface area contributed by atoms with Crippen LogP contribution in [0.4, 0.5) is 0 Å². The van der Waals surface area contributed by atoms with Crippen LogP contribution in [0.25, 0.3) is 0 Å². The topological polar surface area (TPSA) is 57.2 Å². The van der Waals surface area contributed by atoms with Gasteiger partial charge in [-0.1, -0.05) is 6.92 Å². The second kappa shape index (κ2) is 3.64. The van der Waals surface area contributed by atoms with E-state index in [9.17, 15) is 5.11 Å². The van der Waals surface area contributed by atoms with Gasteiger partial charge in [0.15, 0.2) is 0 Å². The van der Waals surface area contributed by atoms with E-state index in [2.05, 4.69) is 13.0 Å². The van der Waals surface area contributed by atoms with E-state index >= 15 is 0 Å². The van der Waals surface area contributed by atoms with E-state index in [1.54, 1.807) is 19.9 Å². The molecule has 1 N–H and O–H groups in total. The number of nitriles is 1. The molecule has 0 aliphatic heterocycles. The summed E-state index contributed by atoms with van der Waals surface area (Å²) in [6, 6.07) is 5.79. The van der Waals surface area contributed by atoms with Gasteiger partial charge in [-0.25, -0.2) is 0 Å². The predicted molar refractivity (Wildman–Crippen MR) is 59.6 cm³/mol. The first-order valence-corrected chi connectivity index (χ1v) is 5.64. The Morgan fingerprint density at radius 3 is 2.69 bits per heavy atom. The number of hydrogen-bond donors (Lipinski definition) is 1. The molecule has 3 heteroatoms. The summed E-state index contributed by atoms with van der Waals surface area (Å²) in [6.45, 7) is 5.60. The molecule has 0 aromatic carbocycles. The summed E-state index contributed by atoms with van der Waals surface area (Å²) in [5.74, 6) is 2.63. The van der Waals surface area contributed by atoms with Crippen LogP contribution in [0.5, 0.6) is 0 Å². The van der Waals surface area contributed by atoms with E-state index in [1.807, 2.05) is 6.07 Å². The third-order valence-electron chi connectivity index (χ3n) is 3.36. The highest BCUT2D eigenvalue weighted by molar-refractivity contribution is 5.20. The quantitative estimate of drug-likeness (QED) is 0.850. The molecule has 0 spiro atoms. The third-order valence-corrected chi connectivity index (χ3v) is 3.36. The molecule has 0 amide bonds. The molecule has 1 saturated carbocycles. The lowest BCUT2D eigenvalue weighted by atomic mass is 9.87. The molecule has 1 aliphatic carbocycles. The predicted octanol–water partition coefficient (Wildman–Crippen LogP) is 2.99. The van der Waals surface area contributed by atoms with E-state index in [1.165, 1.54) is 0 Å². The fraction of sp³-hybridized carbons (Fsp3) is 0.615. The summed E-state index contributed by atoms with van der Waals surface area (Å²) in [6.07, 6.45) is 0.297. The first-order chi connectivity index (χ1) is 7.45. The molecule has 0 bridgehead atoms. The fourth-order valence-corrected chi connectivity index (χ4v) is 1.85. The summed E-state index contributed by atoms with van der Waals surface area (Å²) in [5.41, 5.74) is -0.815. The van der Waals surface area contributed by atoms with Crippen LogP contribution < -0.4 is 0 Å². The van der Waals surface area contributed by atoms with E-state index < -0.39 is 11.5 Å². The molecule has 1 heterocycles. The van der Waals surface area contributed by atoms with Gasteiger partial charge in [0.05, 0.1) is 11.5 Å². The normalized spacial score (nSPS) is 26.2. The second-order valence-electron chi connectivity index (χ2n) is 5.30. The summed E-state index contributed by atoms with van der Waals surface area (Å²) >= 11 is 0. The lowest BCUT2D eigenvalue weighted by Gasteiger charge is -2.20. The largest absolute Gasteiger partial charge is 0.463 e. The van der Waals surface area contributed by atoms with Gasteiger partial charge >= 0.3 is 0 Å². The average molecular weight is 219 g/mol. The number of aliphatic hydroxyl groups is 1. The highest BCUT2D eigenvalue weighted by Crippen LogP contribution is 2.48. The van der Waals surface area contributed by atoms with Crippen LogP contribution in [0, 0.1) is 22.7 Å². The van der Waals surface area contributed by atoms with Crippen molar-refractivity contribution in [2.75, 3.05) is 0 Å². The molecule has 3 atom stereocenters. The summed E-state index contributed by atoms with van der Waals surface area (Å²) in [7, 11) is 0. The SMILES string of the molecule is CC1CC1c1ccc(C(O)C(C)(C)C#N)o1. The van der Waals surface area contributed by atoms with Crippen LogP contribution in [0.3, 0.4) is 0 Å². The van der Waals surface area contributed by atoms with E-state index in [0.29, 0.717) is 17.6 Å². The van der Waals surface area contributed by atoms with E-state index in [-0.39, 0.29) is 0 Å². The first-order valence-electron chi connectivity index (χ1n) is 5.64. The molecule has 0 radical (unpaired) electrons. The number of furan rings is 1. The molecule has 1 aromatic heterocycles. The number of hydrogen-bond acceptors (Lipinski definition) is 3. The maximum absolute atomic E-state index is 10.0. The Morgan fingerprint density at radius 1 is 1.56 bits per heavy atom. The van der Waals surface area contributed by atoms with Gasteiger partial charge in [-0.3, -0.25) is 0 Å². The van der Waals surface area contributed by atoms with Gasteiger partial charge < -0.3 is 9.52 Å². The van der Waals surface area contributed by atoms with Crippen molar-refractivity contribution in [1.29, 1.82) is 5.26 Å². The minimum Gasteiger partial charge on any atom is -0.463 e. The van der Waals surface area contributed by atoms with Crippen molar-refractivity contribution in [3.8, 4) is 6.07 Å². The van der Waals surface area contributed by atoms with Gasteiger partial charge in [0.2, 0.25) is 0 Å². The van der Waals surface area contributed by atoms with Crippen LogP contribution in [0.15, 0.2) is 16.5 Å². The zero-order valence-electron chi connectivity index (χ0n) is 9.90. The Kier molecular flexibility index (Phi) is 2.55. The maximum Gasteiger partial charge on any atom is 0.134 e. The molecule has 86 valence electrons. The molecule has 1 aromatic rings. The van der Waals surface area contributed by atoms with Crippen molar-refractivity contribution < 1.29 is 9.52 Å². The van der Waals surface area contributed by atoms with Crippen LogP contribution >= 0.6 is 0 Å². The third kappa shape index (κ3) is 1.85. The molecule has 3 unspecified atom stereocenters. The molecule has 1 aliphatic rings. The Labute approximate surface area is 95.7 Å². The highest BCUT2D eigenvalue weighted by atomic mass is 16.4. The molecule has 2 rings (SSSR count). The molecule has 3 nitrogen and oxygen atoms in total. The van der Waals surface area contributed by atoms with E-state index in [0.717, 1.165) is 12.2 Å². The summed E-state index contributed by atoms with van der Waals surface area (Å²) < 4.78 is 5.63. The minimum atomic E-state index is -0.861. The summed E-state index contributed by atoms with van der Waals surface area (Å²) in [4.78, 5) is 0. The lowest BCUT2D eigenvalue weighted by molar-refractivity contribution is 0.0645. The molecule has 1 fully saturated rings. The van der Waals surface area contributed by atoms with Gasteiger partial charge in [-0.15, -0.1) is 0 Å². The maximum atomic E-state index is 10.0. The van der Waals surface area contributed by atoms with Gasteiger partial charge in [0.1, 0.15) is 17.6 Å². The van der Waals surface area contributed by atoms with Crippen molar-refractivity contribution in [2.24, 2.45) is 11.3 Å². The van der Waals surface area contributed by atoms with Crippen LogP contribution in [0.1, 0.15) is 50.7 Å². The van der Waals surface area contributed by atoms with Crippen molar-refractivity contribution in [2.45, 2.75) is 39.2 Å². The highest BCUT2D eigenvalue weighted by Gasteiger charge is 2.38. The van der Waals surface area contributed by atoms with Gasteiger partial charge in [0, 0.05) is 5.92 Å². The second-order valence-corrected chi connectivity index (χ2v) is 5.30. The Hall–Kier alpha value is -1.27. The Morgan fingerprint density at radius 2 is 2.19 bits per heavy atom. The van der Waals surface area contributed by atoms with Crippen molar-refractivity contribution in [1.82, 2.24) is 0 Å². The van der Waals surface area contributed by atoms with Crippen molar-refractivity contribution in [3.63, 3.8) is 0 Å². The number of nitrogens with zero attached hydrogens (tertiary/aromatic N) is 1. The van der Waals surface area contributed by atoms with Crippen molar-refractivity contribution in [3.05, 3.63) is 23.7 Å². The van der Waals surface area contributed by atoms with Gasteiger partial charge in [-0.2, -0.15) is 5.26 Å². The molecular weight excluding hydrogens is 202 g/mol. The smallest absolute Gasteiger partial charge is 0.134 e. The molecule has 16 heavy (non-hydrogen) atoms. The zero-order valence-corrected chi connectivity index (χ0v) is 9.90. The molecular formula is C13H17NO2. The monoisotopic (exact) mass is 219 g/mol. The summed E-state index contributed by atoms with van der Waals surface area (Å²) in [5, 5.41) is 19.0. The van der Waals surface area contributed by atoms with Crippen LogP contribution in [-0.2, 0) is 0 Å². The van der Waals surface area contributed by atoms with Crippen LogP contribution in [0.2, 0.25) is 0 Å². The lowest BCUT2D eigenvalue weighted by Crippen LogP contribution is -2.19. The van der Waals surface area contributed by atoms with Crippen molar-refractivity contribution >= 4 is 0 Å². The first kappa shape index (κ1) is 11.2. The van der Waals surface area contributed by atoms with E-state index in [4.69, 9.17) is 9.68 Å².